The van der Waals surface area contributed by atoms with Gasteiger partial charge in [-0.1, -0.05) is 0 Å². The van der Waals surface area contributed by atoms with E-state index < -0.39 is 11.6 Å². The van der Waals surface area contributed by atoms with Gasteiger partial charge in [-0.05, 0) is 81.6 Å². The van der Waals surface area contributed by atoms with Gasteiger partial charge in [0.05, 0.1) is 19.3 Å². The topological polar surface area (TPSA) is 59.0 Å². The second-order valence-electron chi connectivity index (χ2n) is 6.60. The molecule has 1 aromatic carbocycles. The summed E-state index contributed by atoms with van der Waals surface area (Å²) < 4.78 is 12.2. The minimum Gasteiger partial charge on any atom is -0.493 e. The van der Waals surface area contributed by atoms with Crippen LogP contribution >= 0.6 is 15.9 Å². The van der Waals surface area contributed by atoms with E-state index >= 15 is 0 Å². The number of ether oxygens (including phenoxy) is 2. The molecule has 0 saturated carbocycles. The van der Waals surface area contributed by atoms with E-state index in [0.717, 1.165) is 15.6 Å². The Morgan fingerprint density at radius 2 is 1.83 bits per heavy atom. The number of benzene rings is 1. The highest BCUT2D eigenvalue weighted by Crippen LogP contribution is 2.43. The zero-order valence-electron chi connectivity index (χ0n) is 15.6. The molecule has 1 amide bonds. The molecule has 1 aromatic rings. The summed E-state index contributed by atoms with van der Waals surface area (Å²) in [6.07, 6.45) is -0.951. The number of hydrogen-bond acceptors (Lipinski definition) is 3. The quantitative estimate of drug-likeness (QED) is 0.693. The SMILES string of the molecule is CCOc1cc(C(C)N(C(=O)O)C(C)(C)C)c(C)c(OCC)c1Br. The first kappa shape index (κ1) is 20.6. The third-order valence-corrected chi connectivity index (χ3v) is 4.58. The molecule has 0 bridgehead atoms. The second-order valence-corrected chi connectivity index (χ2v) is 7.39. The van der Waals surface area contributed by atoms with Gasteiger partial charge in [0.15, 0.2) is 0 Å². The summed E-state index contributed by atoms with van der Waals surface area (Å²) in [6, 6.07) is 1.56. The number of carbonyl (C=O) groups is 1. The summed E-state index contributed by atoms with van der Waals surface area (Å²) in [4.78, 5) is 13.3. The molecular formula is C18H28BrNO4. The Morgan fingerprint density at radius 1 is 1.29 bits per heavy atom. The van der Waals surface area contributed by atoms with E-state index in [-0.39, 0.29) is 6.04 Å². The zero-order valence-corrected chi connectivity index (χ0v) is 17.2. The Kier molecular flexibility index (Phi) is 6.96. The first-order chi connectivity index (χ1) is 11.1. The molecule has 0 aliphatic heterocycles. The Morgan fingerprint density at radius 3 is 2.25 bits per heavy atom. The molecule has 1 N–H and O–H groups in total. The van der Waals surface area contributed by atoms with E-state index in [0.29, 0.717) is 24.7 Å². The minimum atomic E-state index is -0.951. The summed E-state index contributed by atoms with van der Waals surface area (Å²) in [6.45, 7) is 14.4. The highest BCUT2D eigenvalue weighted by molar-refractivity contribution is 9.10. The highest BCUT2D eigenvalue weighted by atomic mass is 79.9. The first-order valence-electron chi connectivity index (χ1n) is 8.17. The third kappa shape index (κ3) is 4.35. The van der Waals surface area contributed by atoms with Crippen molar-refractivity contribution < 1.29 is 19.4 Å². The van der Waals surface area contributed by atoms with Crippen LogP contribution in [0.5, 0.6) is 11.5 Å². The van der Waals surface area contributed by atoms with Crippen LogP contribution in [0.3, 0.4) is 0 Å². The van der Waals surface area contributed by atoms with Gasteiger partial charge >= 0.3 is 6.09 Å². The van der Waals surface area contributed by atoms with E-state index in [1.54, 1.807) is 0 Å². The van der Waals surface area contributed by atoms with Crippen LogP contribution in [0.25, 0.3) is 0 Å². The molecule has 0 fully saturated rings. The lowest BCUT2D eigenvalue weighted by molar-refractivity contribution is 0.0749. The molecule has 0 aliphatic carbocycles. The average Bonchev–Trinajstić information content (AvgIpc) is 2.44. The molecule has 136 valence electrons. The smallest absolute Gasteiger partial charge is 0.408 e. The van der Waals surface area contributed by atoms with Gasteiger partial charge < -0.3 is 14.6 Å². The van der Waals surface area contributed by atoms with Crippen molar-refractivity contribution in [1.82, 2.24) is 4.90 Å². The molecule has 0 radical (unpaired) electrons. The monoisotopic (exact) mass is 401 g/mol. The van der Waals surface area contributed by atoms with Crippen molar-refractivity contribution in [3.63, 3.8) is 0 Å². The molecular weight excluding hydrogens is 374 g/mol. The van der Waals surface area contributed by atoms with Gasteiger partial charge in [-0.15, -0.1) is 0 Å². The van der Waals surface area contributed by atoms with Gasteiger partial charge in [0, 0.05) is 5.54 Å². The standard InChI is InChI=1S/C18H28BrNO4/c1-8-23-14-10-13(11(3)16(15(14)19)24-9-2)12(4)20(17(21)22)18(5,6)7/h10,12H,8-9H2,1-7H3,(H,21,22). The third-order valence-electron chi connectivity index (χ3n) is 3.83. The maximum absolute atomic E-state index is 11.8. The normalized spacial score (nSPS) is 12.7. The Hall–Kier alpha value is -1.43. The summed E-state index contributed by atoms with van der Waals surface area (Å²) in [5.41, 5.74) is 1.26. The van der Waals surface area contributed by atoms with Crippen LogP contribution < -0.4 is 9.47 Å². The number of nitrogens with zero attached hydrogens (tertiary/aromatic N) is 1. The zero-order chi connectivity index (χ0) is 18.7. The van der Waals surface area contributed by atoms with Crippen molar-refractivity contribution in [2.75, 3.05) is 13.2 Å². The molecule has 1 atom stereocenters. The Balaban J connectivity index is 3.53. The molecule has 1 unspecified atom stereocenters. The summed E-state index contributed by atoms with van der Waals surface area (Å²) >= 11 is 3.54. The first-order valence-corrected chi connectivity index (χ1v) is 8.96. The number of halogens is 1. The highest BCUT2D eigenvalue weighted by Gasteiger charge is 2.33. The number of rotatable bonds is 6. The summed E-state index contributed by atoms with van der Waals surface area (Å²) in [7, 11) is 0. The van der Waals surface area contributed by atoms with E-state index in [1.165, 1.54) is 4.90 Å². The molecule has 6 heteroatoms. The van der Waals surface area contributed by atoms with Gasteiger partial charge in [-0.25, -0.2) is 4.79 Å². The van der Waals surface area contributed by atoms with Crippen LogP contribution in [-0.2, 0) is 0 Å². The lowest BCUT2D eigenvalue weighted by Crippen LogP contribution is -2.46. The molecule has 5 nitrogen and oxygen atoms in total. The maximum Gasteiger partial charge on any atom is 0.408 e. The van der Waals surface area contributed by atoms with E-state index in [9.17, 15) is 9.90 Å². The number of amides is 1. The van der Waals surface area contributed by atoms with Crippen LogP contribution in [0.15, 0.2) is 10.5 Å². The molecule has 0 aromatic heterocycles. The van der Waals surface area contributed by atoms with Crippen LogP contribution in [0.1, 0.15) is 58.7 Å². The van der Waals surface area contributed by atoms with E-state index in [1.807, 2.05) is 54.5 Å². The van der Waals surface area contributed by atoms with Crippen LogP contribution in [0, 0.1) is 6.92 Å². The maximum atomic E-state index is 11.8. The fraction of sp³-hybridized carbons (Fsp3) is 0.611. The van der Waals surface area contributed by atoms with Crippen molar-refractivity contribution >= 4 is 22.0 Å². The number of hydrogen-bond donors (Lipinski definition) is 1. The van der Waals surface area contributed by atoms with E-state index in [2.05, 4.69) is 15.9 Å². The van der Waals surface area contributed by atoms with Crippen molar-refractivity contribution in [1.29, 1.82) is 0 Å². The van der Waals surface area contributed by atoms with Crippen molar-refractivity contribution in [2.45, 2.75) is 60.0 Å². The van der Waals surface area contributed by atoms with Crippen LogP contribution in [-0.4, -0.2) is 34.9 Å². The van der Waals surface area contributed by atoms with Gasteiger partial charge in [-0.3, -0.25) is 4.90 Å². The predicted octanol–water partition coefficient (Wildman–Crippen LogP) is 5.39. The molecule has 1 rings (SSSR count). The molecule has 24 heavy (non-hydrogen) atoms. The predicted molar refractivity (Wildman–Crippen MR) is 99.2 cm³/mol. The summed E-state index contributed by atoms with van der Waals surface area (Å²) in [5.74, 6) is 1.36. The van der Waals surface area contributed by atoms with Crippen molar-refractivity contribution in [3.8, 4) is 11.5 Å². The van der Waals surface area contributed by atoms with Crippen molar-refractivity contribution in [3.05, 3.63) is 21.7 Å². The second kappa shape index (κ2) is 8.10. The van der Waals surface area contributed by atoms with Gasteiger partial charge in [0.25, 0.3) is 0 Å². The summed E-state index contributed by atoms with van der Waals surface area (Å²) in [5, 5.41) is 9.69. The van der Waals surface area contributed by atoms with Crippen LogP contribution in [0.4, 0.5) is 4.79 Å². The van der Waals surface area contributed by atoms with Gasteiger partial charge in [-0.2, -0.15) is 0 Å². The fourth-order valence-electron chi connectivity index (χ4n) is 2.90. The number of carboxylic acid groups (broad SMARTS) is 1. The Bertz CT molecular complexity index is 596. The van der Waals surface area contributed by atoms with E-state index in [4.69, 9.17) is 9.47 Å². The lowest BCUT2D eigenvalue weighted by atomic mass is 9.95. The van der Waals surface area contributed by atoms with Gasteiger partial charge in [0.1, 0.15) is 16.0 Å². The molecule has 0 heterocycles. The van der Waals surface area contributed by atoms with Crippen molar-refractivity contribution in [2.24, 2.45) is 0 Å². The molecule has 0 spiro atoms. The fourth-order valence-corrected chi connectivity index (χ4v) is 3.54. The average molecular weight is 402 g/mol. The molecule has 0 aliphatic rings. The van der Waals surface area contributed by atoms with Crippen LogP contribution in [0.2, 0.25) is 0 Å². The Labute approximate surface area is 153 Å². The lowest BCUT2D eigenvalue weighted by Gasteiger charge is -2.39. The molecule has 0 saturated heterocycles. The van der Waals surface area contributed by atoms with Gasteiger partial charge in [0.2, 0.25) is 0 Å². The largest absolute Gasteiger partial charge is 0.493 e. The minimum absolute atomic E-state index is 0.339.